The van der Waals surface area contributed by atoms with Gasteiger partial charge in [-0.1, -0.05) is 248 Å². The number of nitrogens with zero attached hydrogens (tertiary/aromatic N) is 4. The van der Waals surface area contributed by atoms with Crippen molar-refractivity contribution in [3.05, 3.63) is 325 Å². The summed E-state index contributed by atoms with van der Waals surface area (Å²) in [5.41, 5.74) is 21.9. The Morgan fingerprint density at radius 1 is 0.303 bits per heavy atom. The van der Waals surface area contributed by atoms with E-state index >= 15 is 0 Å². The third-order valence-electron chi connectivity index (χ3n) is 17.7. The van der Waals surface area contributed by atoms with Gasteiger partial charge in [-0.25, -0.2) is 9.97 Å². The largest absolute Gasteiger partial charge is 0.435 e. The lowest BCUT2D eigenvalue weighted by molar-refractivity contribution is 0.590. The van der Waals surface area contributed by atoms with E-state index in [-0.39, 0.29) is 10.8 Å². The molecule has 0 saturated carbocycles. The lowest BCUT2D eigenvalue weighted by Crippen LogP contribution is -2.29. The summed E-state index contributed by atoms with van der Waals surface area (Å²) in [5, 5.41) is 0. The van der Waals surface area contributed by atoms with Crippen molar-refractivity contribution in [2.45, 2.75) is 57.8 Å². The van der Waals surface area contributed by atoms with Crippen molar-refractivity contribution in [1.82, 2.24) is 9.97 Å². The Bertz CT molecular complexity index is 4520. The highest BCUT2D eigenvalue weighted by Gasteiger charge is 2.51. The molecule has 6 nitrogen and oxygen atoms in total. The first-order valence-electron chi connectivity index (χ1n) is 30.7. The van der Waals surface area contributed by atoms with Crippen LogP contribution in [0.1, 0.15) is 74.9 Å². The molecule has 0 N–H and O–H groups in total. The number of aromatic nitrogens is 2. The Hall–Kier alpha value is -10.8. The van der Waals surface area contributed by atoms with E-state index in [1.54, 1.807) is 0 Å². The molecule has 0 saturated heterocycles. The van der Waals surface area contributed by atoms with Crippen LogP contribution in [0.2, 0.25) is 0 Å². The van der Waals surface area contributed by atoms with Crippen LogP contribution in [0.4, 0.5) is 34.1 Å². The minimum atomic E-state index is -1.00. The smallest absolute Gasteiger partial charge is 0.227 e. The number of fused-ring (bicyclic) bond motifs is 7. The van der Waals surface area contributed by atoms with Crippen molar-refractivity contribution in [3.63, 3.8) is 0 Å². The molecule has 0 radical (unpaired) electrons. The summed E-state index contributed by atoms with van der Waals surface area (Å²) >= 11 is 0. The lowest BCUT2D eigenvalue weighted by Gasteiger charge is -2.35. The van der Waals surface area contributed by atoms with Gasteiger partial charge in [0.1, 0.15) is 11.0 Å². The Morgan fingerprint density at radius 3 is 0.876 bits per heavy atom. The van der Waals surface area contributed by atoms with Crippen LogP contribution in [0.5, 0.6) is 0 Å². The van der Waals surface area contributed by atoms with Gasteiger partial charge >= 0.3 is 0 Å². The predicted molar refractivity (Wildman–Crippen MR) is 367 cm³/mol. The fraction of sp³-hybridized carbons (Fsp3) is 0.108. The highest BCUT2D eigenvalue weighted by Crippen LogP contribution is 2.63. The molecule has 0 aliphatic heterocycles. The second-order valence-electron chi connectivity index (χ2n) is 25.3. The molecule has 1 aliphatic carbocycles. The summed E-state index contributed by atoms with van der Waals surface area (Å²) in [6, 6.07) is 104. The zero-order valence-electron chi connectivity index (χ0n) is 50.8. The van der Waals surface area contributed by atoms with Crippen molar-refractivity contribution in [2.24, 2.45) is 0 Å². The fourth-order valence-corrected chi connectivity index (χ4v) is 13.2. The van der Waals surface area contributed by atoms with Crippen molar-refractivity contribution in [3.8, 4) is 56.3 Å². The standard InChI is InChI=1S/C83H66N4O2/c1-81(2,3)61-41-49-67(50-42-61)86(65-45-37-57(38-46-65)55-25-13-7-14-26-55)71-53-69-73(77-75(71)84-79(88-77)59-29-17-9-18-30-59)74-70(83(69,63-33-21-11-22-34-63)64-35-23-12-24-36-64)54-72(76-78(74)89-80(85-76)60-31-19-10-20-32-60)87(68-51-43-62(44-52-68)82(4,5)6)66-47-39-58(40-48-66)56-27-15-8-16-28-56/h7-54H,1-6H3. The van der Waals surface area contributed by atoms with E-state index in [1.807, 2.05) is 36.4 Å². The predicted octanol–water partition coefficient (Wildman–Crippen LogP) is 22.5. The molecule has 0 atom stereocenters. The van der Waals surface area contributed by atoms with Crippen LogP contribution in [0.15, 0.2) is 300 Å². The van der Waals surface area contributed by atoms with E-state index in [0.717, 1.165) is 101 Å². The summed E-state index contributed by atoms with van der Waals surface area (Å²) in [4.78, 5) is 16.1. The lowest BCUT2D eigenvalue weighted by atomic mass is 9.67. The van der Waals surface area contributed by atoms with Gasteiger partial charge in [0.25, 0.3) is 0 Å². The molecule has 12 aromatic carbocycles. The second-order valence-corrected chi connectivity index (χ2v) is 25.3. The van der Waals surface area contributed by atoms with Crippen LogP contribution in [-0.2, 0) is 16.2 Å². The van der Waals surface area contributed by atoms with Gasteiger partial charge in [-0.05, 0) is 151 Å². The Morgan fingerprint density at radius 2 is 0.573 bits per heavy atom. The number of anilines is 6. The van der Waals surface area contributed by atoms with Crippen molar-refractivity contribution >= 4 is 56.3 Å². The van der Waals surface area contributed by atoms with Crippen LogP contribution in [0.3, 0.4) is 0 Å². The molecule has 0 unspecified atom stereocenters. The third kappa shape index (κ3) is 9.60. The van der Waals surface area contributed by atoms with Gasteiger partial charge in [-0.15, -0.1) is 0 Å². The summed E-state index contributed by atoms with van der Waals surface area (Å²) in [7, 11) is 0. The molecule has 430 valence electrons. The van der Waals surface area contributed by atoms with Crippen LogP contribution in [0.25, 0.3) is 78.5 Å². The number of benzene rings is 12. The van der Waals surface area contributed by atoms with Gasteiger partial charge in [0.15, 0.2) is 11.2 Å². The zero-order valence-corrected chi connectivity index (χ0v) is 50.8. The van der Waals surface area contributed by atoms with E-state index in [9.17, 15) is 0 Å². The highest BCUT2D eigenvalue weighted by molar-refractivity contribution is 6.15. The van der Waals surface area contributed by atoms with Gasteiger partial charge in [-0.2, -0.15) is 0 Å². The molecule has 6 heteroatoms. The average molecular weight is 1150 g/mol. The van der Waals surface area contributed by atoms with Crippen LogP contribution in [0, 0.1) is 0 Å². The molecular weight excluding hydrogens is 1080 g/mol. The molecule has 0 bridgehead atoms. The minimum absolute atomic E-state index is 0.0721. The monoisotopic (exact) mass is 1150 g/mol. The topological polar surface area (TPSA) is 58.5 Å². The minimum Gasteiger partial charge on any atom is -0.435 e. The SMILES string of the molecule is CC(C)(C)c1ccc(N(c2ccc(-c3ccccc3)cc2)c2cc3c(c4oc(-c5ccccc5)nc24)-c2c(cc(N(c4ccc(-c5ccccc5)cc4)c4ccc(C(C)(C)C)cc4)c4nc(-c5ccccc5)oc24)C3(c2ccccc2)c2ccccc2)cc1. The Labute approximate surface area is 520 Å². The van der Waals surface area contributed by atoms with Crippen molar-refractivity contribution in [1.29, 1.82) is 0 Å². The Kier molecular flexibility index (Phi) is 13.5. The number of rotatable bonds is 12. The van der Waals surface area contributed by atoms with Crippen LogP contribution < -0.4 is 9.80 Å². The molecule has 89 heavy (non-hydrogen) atoms. The maximum Gasteiger partial charge on any atom is 0.227 e. The Balaban J connectivity index is 1.09. The van der Waals surface area contributed by atoms with Gasteiger partial charge in [0.2, 0.25) is 11.8 Å². The van der Waals surface area contributed by atoms with E-state index in [2.05, 4.69) is 306 Å². The maximum absolute atomic E-state index is 7.55. The van der Waals surface area contributed by atoms with Crippen molar-refractivity contribution in [2.75, 3.05) is 9.80 Å². The highest BCUT2D eigenvalue weighted by atomic mass is 16.4. The van der Waals surface area contributed by atoms with E-state index in [0.29, 0.717) is 34.0 Å². The first-order chi connectivity index (χ1) is 43.4. The molecule has 0 amide bonds. The van der Waals surface area contributed by atoms with Gasteiger partial charge in [0.05, 0.1) is 16.8 Å². The molecule has 0 fully saturated rings. The van der Waals surface area contributed by atoms with Crippen LogP contribution >= 0.6 is 0 Å². The molecule has 15 rings (SSSR count). The van der Waals surface area contributed by atoms with Crippen molar-refractivity contribution < 1.29 is 8.83 Å². The summed E-state index contributed by atoms with van der Waals surface area (Å²) in [6.45, 7) is 13.6. The van der Waals surface area contributed by atoms with Gasteiger partial charge in [-0.3, -0.25) is 0 Å². The summed E-state index contributed by atoms with van der Waals surface area (Å²) in [5.74, 6) is 1.02. The average Bonchev–Trinajstić information content (AvgIpc) is 1.52. The normalized spacial score (nSPS) is 12.7. The first kappa shape index (κ1) is 54.8. The second kappa shape index (κ2) is 21.8. The van der Waals surface area contributed by atoms with Gasteiger partial charge < -0.3 is 18.6 Å². The summed E-state index contributed by atoms with van der Waals surface area (Å²) in [6.07, 6.45) is 0. The maximum atomic E-state index is 7.55. The van der Waals surface area contributed by atoms with E-state index < -0.39 is 5.41 Å². The third-order valence-corrected chi connectivity index (χ3v) is 17.7. The van der Waals surface area contributed by atoms with Crippen LogP contribution in [-0.4, -0.2) is 9.97 Å². The molecular formula is C83H66N4O2. The van der Waals surface area contributed by atoms with Gasteiger partial charge in [0, 0.05) is 45.0 Å². The number of hydrogen-bond acceptors (Lipinski definition) is 6. The van der Waals surface area contributed by atoms with E-state index in [1.165, 1.54) is 11.1 Å². The number of hydrogen-bond donors (Lipinski definition) is 0. The molecule has 1 aliphatic rings. The molecule has 0 spiro atoms. The fourth-order valence-electron chi connectivity index (χ4n) is 13.2. The molecule has 2 aromatic heterocycles. The first-order valence-corrected chi connectivity index (χ1v) is 30.7. The molecule has 14 aromatic rings. The molecule has 2 heterocycles. The number of oxazole rings is 2. The quantitative estimate of drug-likeness (QED) is 0.121. The summed E-state index contributed by atoms with van der Waals surface area (Å²) < 4.78 is 15.1. The van der Waals surface area contributed by atoms with E-state index in [4.69, 9.17) is 18.8 Å². The zero-order chi connectivity index (χ0) is 60.4.